The van der Waals surface area contributed by atoms with E-state index in [1.807, 2.05) is 19.3 Å². The summed E-state index contributed by atoms with van der Waals surface area (Å²) in [7, 11) is 1.90. The van der Waals surface area contributed by atoms with E-state index >= 15 is 0 Å². The summed E-state index contributed by atoms with van der Waals surface area (Å²) in [5, 5.41) is 7.64. The highest BCUT2D eigenvalue weighted by atomic mass is 15.1. The molecule has 1 aliphatic rings. The highest BCUT2D eigenvalue weighted by Crippen LogP contribution is 2.29. The second kappa shape index (κ2) is 4.57. The van der Waals surface area contributed by atoms with Gasteiger partial charge in [0.2, 0.25) is 0 Å². The fourth-order valence-electron chi connectivity index (χ4n) is 2.65. The molecule has 0 unspecified atom stereocenters. The average Bonchev–Trinajstić information content (AvgIpc) is 2.86. The standard InChI is InChI=1S/C13H19N5/c1-8-3-5-15-7-10(8)13-17-11(14-2)9-4-6-16-12(9)18-13/h4,6,8,10,15H,3,5,7H2,1-2H3,(H2,14,16,17,18)/t8-,10+/m1/s1. The maximum absolute atomic E-state index is 4.68. The Labute approximate surface area is 106 Å². The van der Waals surface area contributed by atoms with E-state index < -0.39 is 0 Å². The van der Waals surface area contributed by atoms with Crippen molar-refractivity contribution >= 4 is 16.9 Å². The van der Waals surface area contributed by atoms with E-state index in [-0.39, 0.29) is 0 Å². The van der Waals surface area contributed by atoms with Crippen molar-refractivity contribution in [1.82, 2.24) is 20.3 Å². The summed E-state index contributed by atoms with van der Waals surface area (Å²) in [6.07, 6.45) is 3.10. The molecule has 1 saturated heterocycles. The largest absolute Gasteiger partial charge is 0.372 e. The van der Waals surface area contributed by atoms with Gasteiger partial charge in [0.05, 0.1) is 5.39 Å². The van der Waals surface area contributed by atoms with Gasteiger partial charge >= 0.3 is 0 Å². The van der Waals surface area contributed by atoms with Crippen LogP contribution in [0.5, 0.6) is 0 Å². The summed E-state index contributed by atoms with van der Waals surface area (Å²) in [6, 6.07) is 2.01. The monoisotopic (exact) mass is 245 g/mol. The van der Waals surface area contributed by atoms with Crippen LogP contribution in [-0.2, 0) is 0 Å². The van der Waals surface area contributed by atoms with Crippen molar-refractivity contribution in [3.05, 3.63) is 18.1 Å². The van der Waals surface area contributed by atoms with Gasteiger partial charge in [-0.1, -0.05) is 6.92 Å². The minimum atomic E-state index is 0.401. The summed E-state index contributed by atoms with van der Waals surface area (Å²) < 4.78 is 0. The quantitative estimate of drug-likeness (QED) is 0.753. The molecule has 0 spiro atoms. The maximum atomic E-state index is 4.68. The highest BCUT2D eigenvalue weighted by Gasteiger charge is 2.26. The number of H-pyrrole nitrogens is 1. The topological polar surface area (TPSA) is 65.6 Å². The van der Waals surface area contributed by atoms with Crippen molar-refractivity contribution in [3.8, 4) is 0 Å². The fourth-order valence-corrected chi connectivity index (χ4v) is 2.65. The van der Waals surface area contributed by atoms with Crippen molar-refractivity contribution in [2.75, 3.05) is 25.5 Å². The van der Waals surface area contributed by atoms with Gasteiger partial charge in [-0.15, -0.1) is 0 Å². The van der Waals surface area contributed by atoms with Crippen LogP contribution in [0.15, 0.2) is 12.3 Å². The van der Waals surface area contributed by atoms with Gasteiger partial charge < -0.3 is 15.6 Å². The summed E-state index contributed by atoms with van der Waals surface area (Å²) in [5.74, 6) is 2.88. The smallest absolute Gasteiger partial charge is 0.143 e. The molecule has 3 heterocycles. The molecule has 0 amide bonds. The Kier molecular flexibility index (Phi) is 2.91. The first-order chi connectivity index (χ1) is 8.79. The number of anilines is 1. The lowest BCUT2D eigenvalue weighted by atomic mass is 9.87. The molecule has 0 aromatic carbocycles. The molecule has 0 aliphatic carbocycles. The van der Waals surface area contributed by atoms with Crippen molar-refractivity contribution in [2.24, 2.45) is 5.92 Å². The van der Waals surface area contributed by atoms with E-state index in [1.54, 1.807) is 0 Å². The predicted molar refractivity (Wildman–Crippen MR) is 72.8 cm³/mol. The van der Waals surface area contributed by atoms with E-state index in [0.717, 1.165) is 35.8 Å². The predicted octanol–water partition coefficient (Wildman–Crippen LogP) is 1.71. The number of hydrogen-bond donors (Lipinski definition) is 3. The summed E-state index contributed by atoms with van der Waals surface area (Å²) >= 11 is 0. The molecule has 5 heteroatoms. The Bertz CT molecular complexity index is 547. The SMILES string of the molecule is CNc1nc([C@H]2CNCC[C@H]2C)nc2[nH]ccc12. The Balaban J connectivity index is 2.05. The lowest BCUT2D eigenvalue weighted by Gasteiger charge is -2.28. The zero-order valence-electron chi connectivity index (χ0n) is 10.8. The van der Waals surface area contributed by atoms with Gasteiger partial charge in [-0.2, -0.15) is 0 Å². The Morgan fingerprint density at radius 3 is 3.06 bits per heavy atom. The van der Waals surface area contributed by atoms with Gasteiger partial charge in [0, 0.05) is 25.7 Å². The Morgan fingerprint density at radius 1 is 1.39 bits per heavy atom. The Hall–Kier alpha value is -1.62. The van der Waals surface area contributed by atoms with Crippen molar-refractivity contribution in [3.63, 3.8) is 0 Å². The molecule has 0 bridgehead atoms. The molecule has 1 aliphatic heterocycles. The second-order valence-electron chi connectivity index (χ2n) is 5.00. The molecule has 3 N–H and O–H groups in total. The van der Waals surface area contributed by atoms with Crippen LogP contribution in [0.1, 0.15) is 25.1 Å². The first-order valence-corrected chi connectivity index (χ1v) is 6.53. The molecule has 2 aromatic rings. The fraction of sp³-hybridized carbons (Fsp3) is 0.538. The molecule has 5 nitrogen and oxygen atoms in total. The van der Waals surface area contributed by atoms with Crippen molar-refractivity contribution < 1.29 is 0 Å². The second-order valence-corrected chi connectivity index (χ2v) is 5.00. The number of nitrogens with zero attached hydrogens (tertiary/aromatic N) is 2. The first-order valence-electron chi connectivity index (χ1n) is 6.53. The number of nitrogens with one attached hydrogen (secondary N) is 3. The van der Waals surface area contributed by atoms with E-state index in [1.165, 1.54) is 6.42 Å². The number of piperidine rings is 1. The van der Waals surface area contributed by atoms with Crippen LogP contribution in [0.2, 0.25) is 0 Å². The van der Waals surface area contributed by atoms with E-state index in [2.05, 4.69) is 32.5 Å². The van der Waals surface area contributed by atoms with Crippen LogP contribution < -0.4 is 10.6 Å². The summed E-state index contributed by atoms with van der Waals surface area (Å²) in [5.41, 5.74) is 0.919. The van der Waals surface area contributed by atoms with E-state index in [4.69, 9.17) is 0 Å². The first kappa shape index (κ1) is 11.5. The summed E-state index contributed by atoms with van der Waals surface area (Å²) in [6.45, 7) is 4.35. The van der Waals surface area contributed by atoms with Gasteiger partial charge in [-0.05, 0) is 24.9 Å². The van der Waals surface area contributed by atoms with Crippen molar-refractivity contribution in [2.45, 2.75) is 19.3 Å². The number of hydrogen-bond acceptors (Lipinski definition) is 4. The number of rotatable bonds is 2. The molecule has 0 radical (unpaired) electrons. The molecule has 0 saturated carbocycles. The van der Waals surface area contributed by atoms with Gasteiger partial charge in [0.1, 0.15) is 17.3 Å². The third-order valence-corrected chi connectivity index (χ3v) is 3.83. The minimum Gasteiger partial charge on any atom is -0.372 e. The molecular weight excluding hydrogens is 226 g/mol. The molecule has 1 fully saturated rings. The van der Waals surface area contributed by atoms with Gasteiger partial charge in [0.15, 0.2) is 0 Å². The van der Waals surface area contributed by atoms with E-state index in [9.17, 15) is 0 Å². The normalized spacial score (nSPS) is 24.3. The molecule has 2 aromatic heterocycles. The number of aromatic nitrogens is 3. The van der Waals surface area contributed by atoms with Gasteiger partial charge in [-0.3, -0.25) is 0 Å². The van der Waals surface area contributed by atoms with Crippen molar-refractivity contribution in [1.29, 1.82) is 0 Å². The van der Waals surface area contributed by atoms with Crippen LogP contribution in [0.4, 0.5) is 5.82 Å². The molecular formula is C13H19N5. The lowest BCUT2D eigenvalue weighted by Crippen LogP contribution is -2.34. The van der Waals surface area contributed by atoms with Crippen LogP contribution in [-0.4, -0.2) is 35.1 Å². The third-order valence-electron chi connectivity index (χ3n) is 3.83. The average molecular weight is 245 g/mol. The van der Waals surface area contributed by atoms with Crippen LogP contribution in [0.25, 0.3) is 11.0 Å². The lowest BCUT2D eigenvalue weighted by molar-refractivity contribution is 0.338. The van der Waals surface area contributed by atoms with Gasteiger partial charge in [-0.25, -0.2) is 9.97 Å². The zero-order chi connectivity index (χ0) is 12.5. The van der Waals surface area contributed by atoms with Crippen LogP contribution in [0.3, 0.4) is 0 Å². The van der Waals surface area contributed by atoms with Crippen LogP contribution in [0, 0.1) is 5.92 Å². The molecule has 3 rings (SSSR count). The molecule has 18 heavy (non-hydrogen) atoms. The number of aromatic amines is 1. The zero-order valence-corrected chi connectivity index (χ0v) is 10.8. The minimum absolute atomic E-state index is 0.401. The molecule has 2 atom stereocenters. The number of fused-ring (bicyclic) bond motifs is 1. The Morgan fingerprint density at radius 2 is 2.28 bits per heavy atom. The maximum Gasteiger partial charge on any atom is 0.143 e. The van der Waals surface area contributed by atoms with Crippen LogP contribution >= 0.6 is 0 Å². The molecule has 96 valence electrons. The highest BCUT2D eigenvalue weighted by molar-refractivity contribution is 5.86. The summed E-state index contributed by atoms with van der Waals surface area (Å²) in [4.78, 5) is 12.5. The van der Waals surface area contributed by atoms with Gasteiger partial charge in [0.25, 0.3) is 0 Å². The van der Waals surface area contributed by atoms with E-state index in [0.29, 0.717) is 11.8 Å². The third kappa shape index (κ3) is 1.84.